The molecule has 0 saturated carbocycles. The van der Waals surface area contributed by atoms with Gasteiger partial charge in [0.05, 0.1) is 0 Å². The van der Waals surface area contributed by atoms with E-state index in [1.165, 1.54) is 18.2 Å². The lowest BCUT2D eigenvalue weighted by molar-refractivity contribution is -0.203. The Hall–Kier alpha value is -0.450. The van der Waals surface area contributed by atoms with Gasteiger partial charge < -0.3 is 5.11 Å². The Kier molecular flexibility index (Phi) is 3.87. The quantitative estimate of drug-likeness (QED) is 0.862. The van der Waals surface area contributed by atoms with Crippen molar-refractivity contribution >= 4 is 23.2 Å². The molecule has 15 heavy (non-hydrogen) atoms. The Balaban J connectivity index is 2.82. The summed E-state index contributed by atoms with van der Waals surface area (Å²) in [5.74, 6) is 0. The summed E-state index contributed by atoms with van der Waals surface area (Å²) in [5.41, 5.74) is 0.214. The highest BCUT2D eigenvalue weighted by Crippen LogP contribution is 2.27. The maximum absolute atomic E-state index is 12.0. The summed E-state index contributed by atoms with van der Waals surface area (Å²) in [7, 11) is 0. The molecule has 0 aliphatic heterocycles. The SMILES string of the molecule is OC(Cc1ccc(Cl)cc1Cl)C(F)(F)F. The van der Waals surface area contributed by atoms with E-state index in [-0.39, 0.29) is 10.6 Å². The van der Waals surface area contributed by atoms with Gasteiger partial charge in [-0.2, -0.15) is 13.2 Å². The van der Waals surface area contributed by atoms with Crippen LogP contribution in [-0.4, -0.2) is 17.4 Å². The Morgan fingerprint density at radius 2 is 1.87 bits per heavy atom. The molecule has 1 N–H and O–H groups in total. The number of halogens is 5. The molecular weight excluding hydrogens is 252 g/mol. The van der Waals surface area contributed by atoms with Crippen LogP contribution in [0.4, 0.5) is 13.2 Å². The third-order valence-corrected chi connectivity index (χ3v) is 2.39. The second-order valence-electron chi connectivity index (χ2n) is 3.00. The van der Waals surface area contributed by atoms with Crippen LogP contribution in [0.1, 0.15) is 5.56 Å². The smallest absolute Gasteiger partial charge is 0.383 e. The fourth-order valence-electron chi connectivity index (χ4n) is 1.01. The number of aliphatic hydroxyl groups is 1. The molecule has 0 amide bonds. The fraction of sp³-hybridized carbons (Fsp3) is 0.333. The summed E-state index contributed by atoms with van der Waals surface area (Å²) in [6.07, 6.45) is -7.61. The Morgan fingerprint density at radius 1 is 1.27 bits per heavy atom. The van der Waals surface area contributed by atoms with E-state index >= 15 is 0 Å². The van der Waals surface area contributed by atoms with Crippen molar-refractivity contribution < 1.29 is 18.3 Å². The first-order chi connectivity index (χ1) is 6.80. The van der Waals surface area contributed by atoms with Crippen LogP contribution in [0.5, 0.6) is 0 Å². The number of benzene rings is 1. The lowest BCUT2D eigenvalue weighted by Crippen LogP contribution is -2.30. The molecule has 1 nitrogen and oxygen atoms in total. The molecule has 1 rings (SSSR count). The summed E-state index contributed by atoms with van der Waals surface area (Å²) < 4.78 is 36.1. The van der Waals surface area contributed by atoms with Gasteiger partial charge in [-0.15, -0.1) is 0 Å². The van der Waals surface area contributed by atoms with Crippen molar-refractivity contribution in [3.8, 4) is 0 Å². The first-order valence-electron chi connectivity index (χ1n) is 3.99. The highest BCUT2D eigenvalue weighted by atomic mass is 35.5. The number of rotatable bonds is 2. The number of hydrogen-bond donors (Lipinski definition) is 1. The average Bonchev–Trinajstić information content (AvgIpc) is 2.08. The van der Waals surface area contributed by atoms with E-state index < -0.39 is 18.7 Å². The molecule has 1 atom stereocenters. The summed E-state index contributed by atoms with van der Waals surface area (Å²) >= 11 is 11.2. The molecule has 1 unspecified atom stereocenters. The number of hydrogen-bond acceptors (Lipinski definition) is 1. The second-order valence-corrected chi connectivity index (χ2v) is 3.84. The van der Waals surface area contributed by atoms with E-state index in [0.29, 0.717) is 5.02 Å². The van der Waals surface area contributed by atoms with Crippen molar-refractivity contribution in [1.29, 1.82) is 0 Å². The first kappa shape index (κ1) is 12.6. The van der Waals surface area contributed by atoms with Crippen molar-refractivity contribution in [3.05, 3.63) is 33.8 Å². The maximum Gasteiger partial charge on any atom is 0.414 e. The first-order valence-corrected chi connectivity index (χ1v) is 4.75. The topological polar surface area (TPSA) is 20.2 Å². The zero-order valence-electron chi connectivity index (χ0n) is 7.35. The van der Waals surface area contributed by atoms with Gasteiger partial charge in [-0.3, -0.25) is 0 Å². The fourth-order valence-corrected chi connectivity index (χ4v) is 1.50. The largest absolute Gasteiger partial charge is 0.414 e. The summed E-state index contributed by atoms with van der Waals surface area (Å²) in [6, 6.07) is 4.12. The Morgan fingerprint density at radius 3 is 2.33 bits per heavy atom. The van der Waals surface area contributed by atoms with Crippen LogP contribution in [0.15, 0.2) is 18.2 Å². The highest BCUT2D eigenvalue weighted by Gasteiger charge is 2.38. The normalized spacial score (nSPS) is 14.0. The molecule has 84 valence electrons. The van der Waals surface area contributed by atoms with Crippen LogP contribution in [0, 0.1) is 0 Å². The molecule has 0 radical (unpaired) electrons. The van der Waals surface area contributed by atoms with Crippen LogP contribution in [0.25, 0.3) is 0 Å². The second kappa shape index (κ2) is 4.60. The molecule has 0 bridgehead atoms. The van der Waals surface area contributed by atoms with Crippen LogP contribution < -0.4 is 0 Å². The van der Waals surface area contributed by atoms with Crippen LogP contribution >= 0.6 is 23.2 Å². The lowest BCUT2D eigenvalue weighted by atomic mass is 10.1. The summed E-state index contributed by atoms with van der Waals surface area (Å²) in [4.78, 5) is 0. The zero-order chi connectivity index (χ0) is 11.6. The molecule has 0 aliphatic rings. The lowest BCUT2D eigenvalue weighted by Gasteiger charge is -2.15. The van der Waals surface area contributed by atoms with E-state index in [0.717, 1.165) is 0 Å². The van der Waals surface area contributed by atoms with Gasteiger partial charge in [0.1, 0.15) is 0 Å². The average molecular weight is 259 g/mol. The molecule has 0 spiro atoms. The van der Waals surface area contributed by atoms with Gasteiger partial charge in [-0.05, 0) is 17.7 Å². The number of aliphatic hydroxyl groups excluding tert-OH is 1. The molecular formula is C9H7Cl2F3O. The van der Waals surface area contributed by atoms with Gasteiger partial charge in [0.15, 0.2) is 6.10 Å². The van der Waals surface area contributed by atoms with Gasteiger partial charge >= 0.3 is 6.18 Å². The van der Waals surface area contributed by atoms with Gasteiger partial charge in [0.25, 0.3) is 0 Å². The van der Waals surface area contributed by atoms with Gasteiger partial charge in [0.2, 0.25) is 0 Å². The van der Waals surface area contributed by atoms with Crippen molar-refractivity contribution in [1.82, 2.24) is 0 Å². The summed E-state index contributed by atoms with van der Waals surface area (Å²) in [5, 5.41) is 9.27. The maximum atomic E-state index is 12.0. The van der Waals surface area contributed by atoms with E-state index in [2.05, 4.69) is 0 Å². The van der Waals surface area contributed by atoms with Crippen LogP contribution in [0.2, 0.25) is 10.0 Å². The van der Waals surface area contributed by atoms with Crippen LogP contribution in [-0.2, 0) is 6.42 Å². The van der Waals surface area contributed by atoms with Crippen molar-refractivity contribution in [2.75, 3.05) is 0 Å². The molecule has 1 aromatic rings. The molecule has 1 aromatic carbocycles. The van der Waals surface area contributed by atoms with Crippen LogP contribution in [0.3, 0.4) is 0 Å². The number of alkyl halides is 3. The predicted octanol–water partition coefficient (Wildman–Crippen LogP) is 3.46. The minimum Gasteiger partial charge on any atom is -0.383 e. The summed E-state index contributed by atoms with van der Waals surface area (Å²) in [6.45, 7) is 0. The monoisotopic (exact) mass is 258 g/mol. The zero-order valence-corrected chi connectivity index (χ0v) is 8.87. The molecule has 6 heteroatoms. The van der Waals surface area contributed by atoms with Crippen molar-refractivity contribution in [2.24, 2.45) is 0 Å². The molecule has 0 fully saturated rings. The molecule has 0 saturated heterocycles. The molecule has 0 aromatic heterocycles. The molecule has 0 aliphatic carbocycles. The van der Waals surface area contributed by atoms with Crippen molar-refractivity contribution in [3.63, 3.8) is 0 Å². The van der Waals surface area contributed by atoms with E-state index in [4.69, 9.17) is 28.3 Å². The van der Waals surface area contributed by atoms with Crippen molar-refractivity contribution in [2.45, 2.75) is 18.7 Å². The Labute approximate surface area is 94.4 Å². The minimum absolute atomic E-state index is 0.116. The van der Waals surface area contributed by atoms with E-state index in [1.807, 2.05) is 0 Å². The van der Waals surface area contributed by atoms with Gasteiger partial charge in [-0.25, -0.2) is 0 Å². The van der Waals surface area contributed by atoms with E-state index in [9.17, 15) is 13.2 Å². The molecule has 0 heterocycles. The minimum atomic E-state index is -4.64. The van der Waals surface area contributed by atoms with E-state index in [1.54, 1.807) is 0 Å². The Bertz CT molecular complexity index is 352. The standard InChI is InChI=1S/C9H7Cl2F3O/c10-6-2-1-5(7(11)4-6)3-8(15)9(12,13)14/h1-2,4,8,15H,3H2. The van der Waals surface area contributed by atoms with Gasteiger partial charge in [0, 0.05) is 16.5 Å². The third-order valence-electron chi connectivity index (χ3n) is 1.81. The predicted molar refractivity (Wildman–Crippen MR) is 52.2 cm³/mol. The highest BCUT2D eigenvalue weighted by molar-refractivity contribution is 6.35. The van der Waals surface area contributed by atoms with Gasteiger partial charge in [-0.1, -0.05) is 29.3 Å². The third kappa shape index (κ3) is 3.55.